The third-order valence-electron chi connectivity index (χ3n) is 6.52. The molecule has 4 aromatic rings. The summed E-state index contributed by atoms with van der Waals surface area (Å²) in [6.07, 6.45) is 0.885. The van der Waals surface area contributed by atoms with Crippen molar-refractivity contribution in [1.29, 1.82) is 0 Å². The van der Waals surface area contributed by atoms with Crippen LogP contribution in [0.4, 0.5) is 21.5 Å². The van der Waals surface area contributed by atoms with Gasteiger partial charge in [-0.3, -0.25) is 4.79 Å². The number of hydrogen-bond acceptors (Lipinski definition) is 2. The summed E-state index contributed by atoms with van der Waals surface area (Å²) in [5, 5.41) is 2.17. The molecule has 3 heteroatoms. The van der Waals surface area contributed by atoms with Crippen molar-refractivity contribution in [2.75, 3.05) is 4.90 Å². The van der Waals surface area contributed by atoms with Crippen LogP contribution in [0.1, 0.15) is 46.5 Å². The van der Waals surface area contributed by atoms with Gasteiger partial charge in [-0.15, -0.1) is 0 Å². The first-order valence-electron chi connectivity index (χ1n) is 10.5. The zero-order valence-electron chi connectivity index (χ0n) is 18.2. The van der Waals surface area contributed by atoms with Gasteiger partial charge in [-0.2, -0.15) is 0 Å². The number of para-hydroxylation sites is 1. The topological polar surface area (TPSA) is 20.3 Å². The Morgan fingerprint density at radius 2 is 1.58 bits per heavy atom. The van der Waals surface area contributed by atoms with E-state index >= 15 is 0 Å². The number of rotatable bonds is 2. The molecule has 0 saturated heterocycles. The molecule has 31 heavy (non-hydrogen) atoms. The summed E-state index contributed by atoms with van der Waals surface area (Å²) in [5.74, 6) is -0.158. The van der Waals surface area contributed by atoms with Crippen molar-refractivity contribution in [3.05, 3.63) is 100 Å². The lowest BCUT2D eigenvalue weighted by atomic mass is 9.71. The molecule has 0 fully saturated rings. The Kier molecular flexibility index (Phi) is 4.26. The lowest BCUT2D eigenvalue weighted by Gasteiger charge is -2.43. The van der Waals surface area contributed by atoms with E-state index in [0.29, 0.717) is 16.7 Å². The normalized spacial score (nSPS) is 14.3. The molecule has 0 unspecified atom stereocenters. The lowest BCUT2D eigenvalue weighted by molar-refractivity contribution is 0.112. The van der Waals surface area contributed by atoms with E-state index in [9.17, 15) is 9.18 Å². The van der Waals surface area contributed by atoms with Crippen LogP contribution < -0.4 is 4.90 Å². The number of aldehydes is 1. The minimum atomic E-state index is -0.241. The first-order valence-corrected chi connectivity index (χ1v) is 10.5. The van der Waals surface area contributed by atoms with E-state index in [0.717, 1.165) is 34.1 Å². The number of carbonyl (C=O) groups is 1. The fourth-order valence-electron chi connectivity index (χ4n) is 5.05. The summed E-state index contributed by atoms with van der Waals surface area (Å²) in [5.41, 5.74) is 7.26. The molecule has 154 valence electrons. The predicted molar refractivity (Wildman–Crippen MR) is 126 cm³/mol. The minimum absolute atomic E-state index is 0.158. The molecular formula is C28H24FNO. The molecule has 1 heterocycles. The fraction of sp³-hybridized carbons (Fsp3) is 0.179. The van der Waals surface area contributed by atoms with Crippen LogP contribution in [0.15, 0.2) is 66.7 Å². The third kappa shape index (κ3) is 2.80. The Hall–Kier alpha value is -3.46. The van der Waals surface area contributed by atoms with Gasteiger partial charge in [0.2, 0.25) is 0 Å². The predicted octanol–water partition coefficient (Wildman–Crippen LogP) is 7.52. The van der Waals surface area contributed by atoms with Crippen LogP contribution in [-0.4, -0.2) is 6.29 Å². The monoisotopic (exact) mass is 409 g/mol. The summed E-state index contributed by atoms with van der Waals surface area (Å²) in [4.78, 5) is 13.6. The summed E-state index contributed by atoms with van der Waals surface area (Å²) >= 11 is 0. The number of halogens is 1. The maximum Gasteiger partial charge on any atom is 0.150 e. The van der Waals surface area contributed by atoms with Gasteiger partial charge in [-0.05, 0) is 77.2 Å². The molecule has 0 bridgehead atoms. The minimum Gasteiger partial charge on any atom is -0.310 e. The highest BCUT2D eigenvalue weighted by Crippen LogP contribution is 2.54. The van der Waals surface area contributed by atoms with Crippen molar-refractivity contribution in [3.8, 4) is 0 Å². The van der Waals surface area contributed by atoms with Crippen molar-refractivity contribution in [2.45, 2.75) is 33.1 Å². The first-order chi connectivity index (χ1) is 14.8. The van der Waals surface area contributed by atoms with Gasteiger partial charge in [0.05, 0.1) is 11.4 Å². The van der Waals surface area contributed by atoms with Crippen LogP contribution in [0.2, 0.25) is 0 Å². The molecule has 1 aliphatic heterocycles. The third-order valence-corrected chi connectivity index (χ3v) is 6.52. The molecule has 0 aromatic heterocycles. The van der Waals surface area contributed by atoms with E-state index in [1.54, 1.807) is 0 Å². The maximum atomic E-state index is 14.4. The zero-order valence-corrected chi connectivity index (χ0v) is 18.2. The van der Waals surface area contributed by atoms with Gasteiger partial charge in [0.1, 0.15) is 12.1 Å². The largest absolute Gasteiger partial charge is 0.310 e. The summed E-state index contributed by atoms with van der Waals surface area (Å²) < 4.78 is 14.4. The summed E-state index contributed by atoms with van der Waals surface area (Å²) in [6, 6.07) is 22.3. The van der Waals surface area contributed by atoms with Crippen LogP contribution in [-0.2, 0) is 5.41 Å². The highest BCUT2D eigenvalue weighted by Gasteiger charge is 2.38. The number of carbonyl (C=O) groups excluding carboxylic acids is 1. The highest BCUT2D eigenvalue weighted by atomic mass is 19.1. The SMILES string of the molecule is Cc1cc(N2c3ccccc3C(C)(C)c3c2ccc2cc(C=O)ccc32)cc(C)c1F. The molecule has 0 spiro atoms. The van der Waals surface area contributed by atoms with Gasteiger partial charge >= 0.3 is 0 Å². The maximum absolute atomic E-state index is 14.4. The Morgan fingerprint density at radius 3 is 2.29 bits per heavy atom. The number of benzene rings is 4. The Bertz CT molecular complexity index is 1350. The van der Waals surface area contributed by atoms with Crippen molar-refractivity contribution in [3.63, 3.8) is 0 Å². The fourth-order valence-corrected chi connectivity index (χ4v) is 5.05. The van der Waals surface area contributed by atoms with Gasteiger partial charge in [0.25, 0.3) is 0 Å². The van der Waals surface area contributed by atoms with Gasteiger partial charge < -0.3 is 4.90 Å². The van der Waals surface area contributed by atoms with Gasteiger partial charge in [-0.25, -0.2) is 4.39 Å². The van der Waals surface area contributed by atoms with Crippen LogP contribution in [0.3, 0.4) is 0 Å². The number of anilines is 3. The zero-order chi connectivity index (χ0) is 21.9. The molecule has 5 rings (SSSR count). The smallest absolute Gasteiger partial charge is 0.150 e. The van der Waals surface area contributed by atoms with Gasteiger partial charge in [-0.1, -0.05) is 50.2 Å². The highest BCUT2D eigenvalue weighted by molar-refractivity contribution is 5.99. The second-order valence-electron chi connectivity index (χ2n) is 8.93. The van der Waals surface area contributed by atoms with Crippen molar-refractivity contribution >= 4 is 34.1 Å². The Labute approximate surface area is 181 Å². The molecule has 1 aliphatic rings. The molecule has 2 nitrogen and oxygen atoms in total. The summed E-state index contributed by atoms with van der Waals surface area (Å²) in [6.45, 7) is 8.12. The standard InChI is InChI=1S/C28H24FNO/c1-17-13-21(14-18(2)27(17)29)30-24-8-6-5-7-23(24)28(3,4)26-22-11-9-19(16-31)15-20(22)10-12-25(26)30/h5-16H,1-4H3. The van der Waals surface area contributed by atoms with Gasteiger partial charge in [0.15, 0.2) is 0 Å². The summed E-state index contributed by atoms with van der Waals surface area (Å²) in [7, 11) is 0. The average molecular weight is 410 g/mol. The number of aryl methyl sites for hydroxylation is 2. The van der Waals surface area contributed by atoms with Crippen LogP contribution >= 0.6 is 0 Å². The lowest BCUT2D eigenvalue weighted by Crippen LogP contribution is -2.31. The molecule has 0 amide bonds. The molecular weight excluding hydrogens is 385 g/mol. The van der Waals surface area contributed by atoms with Crippen molar-refractivity contribution < 1.29 is 9.18 Å². The number of hydrogen-bond donors (Lipinski definition) is 0. The quantitative estimate of drug-likeness (QED) is 0.319. The first kappa shape index (κ1) is 19.5. The van der Waals surface area contributed by atoms with Gasteiger partial charge in [0, 0.05) is 16.7 Å². The molecule has 4 aromatic carbocycles. The van der Waals surface area contributed by atoms with Crippen molar-refractivity contribution in [1.82, 2.24) is 0 Å². The van der Waals surface area contributed by atoms with E-state index in [2.05, 4.69) is 49.1 Å². The van der Waals surface area contributed by atoms with Crippen LogP contribution in [0.5, 0.6) is 0 Å². The van der Waals surface area contributed by atoms with Crippen molar-refractivity contribution in [2.24, 2.45) is 0 Å². The molecule has 0 atom stereocenters. The second-order valence-corrected chi connectivity index (χ2v) is 8.93. The molecule has 0 aliphatic carbocycles. The van der Waals surface area contributed by atoms with Crippen LogP contribution in [0, 0.1) is 19.7 Å². The van der Waals surface area contributed by atoms with E-state index in [4.69, 9.17) is 0 Å². The van der Waals surface area contributed by atoms with Crippen LogP contribution in [0.25, 0.3) is 10.8 Å². The number of fused-ring (bicyclic) bond motifs is 4. The molecule has 0 radical (unpaired) electrons. The van der Waals surface area contributed by atoms with E-state index in [-0.39, 0.29) is 11.2 Å². The molecule has 0 N–H and O–H groups in total. The average Bonchev–Trinajstić information content (AvgIpc) is 2.76. The second kappa shape index (κ2) is 6.78. The van der Waals surface area contributed by atoms with E-state index in [1.165, 1.54) is 11.1 Å². The van der Waals surface area contributed by atoms with E-state index < -0.39 is 0 Å². The Balaban J connectivity index is 1.88. The van der Waals surface area contributed by atoms with E-state index in [1.807, 2.05) is 50.2 Å². The Morgan fingerprint density at radius 1 is 0.871 bits per heavy atom. The molecule has 0 saturated carbocycles. The number of nitrogens with zero attached hydrogens (tertiary/aromatic N) is 1.